The Kier molecular flexibility index (Phi) is 7.62. The molecule has 1 aliphatic carbocycles. The van der Waals surface area contributed by atoms with Crippen LogP contribution in [0.1, 0.15) is 22.6 Å². The third kappa shape index (κ3) is 4.71. The summed E-state index contributed by atoms with van der Waals surface area (Å²) in [6.45, 7) is -1.13. The predicted octanol–water partition coefficient (Wildman–Crippen LogP) is -0.402. The fourth-order valence-corrected chi connectivity index (χ4v) is 5.07. The highest BCUT2D eigenvalue weighted by atomic mass is 16.7. The summed E-state index contributed by atoms with van der Waals surface area (Å²) in [6.07, 6.45) is -5.57. The lowest BCUT2D eigenvalue weighted by Crippen LogP contribution is -2.56. The summed E-state index contributed by atoms with van der Waals surface area (Å²) in [7, 11) is 2.80. The monoisotopic (exact) mass is 508 g/mol. The second-order valence-corrected chi connectivity index (χ2v) is 9.26. The van der Waals surface area contributed by atoms with Crippen LogP contribution in [0.2, 0.25) is 0 Å². The van der Waals surface area contributed by atoms with Gasteiger partial charge in [-0.1, -0.05) is 6.07 Å². The zero-order chi connectivity index (χ0) is 26.2. The van der Waals surface area contributed by atoms with E-state index >= 15 is 0 Å². The van der Waals surface area contributed by atoms with Gasteiger partial charge in [0.2, 0.25) is 0 Å². The molecular weight excluding hydrogens is 476 g/mol. The molecule has 1 heterocycles. The summed E-state index contributed by atoms with van der Waals surface area (Å²) >= 11 is 0. The standard InChI is InChI=1S/C25H32O11/c1-33-19-5-12(3-4-16(19)27)21-14-7-17(28)20(34-2)6-13(14)8-25(32,11-26)15(21)9-35-24-23(31)22(30)18(29)10-36-24/h3-7,15,18,21-24,26-32H,8-11H2,1-2H3/t15?,18-,21?,22+,23-,24-,25?/m1/s1. The molecule has 11 nitrogen and oxygen atoms in total. The number of phenolic OH excluding ortho intramolecular Hbond substituents is 2. The molecule has 2 aliphatic rings. The molecule has 0 saturated carbocycles. The molecule has 4 rings (SSSR count). The minimum Gasteiger partial charge on any atom is -0.504 e. The Morgan fingerprint density at radius 1 is 0.972 bits per heavy atom. The molecule has 0 radical (unpaired) electrons. The Hall–Kier alpha value is -2.64. The van der Waals surface area contributed by atoms with Gasteiger partial charge in [0.15, 0.2) is 29.3 Å². The lowest BCUT2D eigenvalue weighted by molar-refractivity contribution is -0.277. The number of ether oxygens (including phenoxy) is 4. The number of methoxy groups -OCH3 is 2. The number of phenols is 2. The summed E-state index contributed by atoms with van der Waals surface area (Å²) in [4.78, 5) is 0. The molecule has 2 aromatic rings. The summed E-state index contributed by atoms with van der Waals surface area (Å²) in [5, 5.41) is 72.6. The number of benzene rings is 2. The van der Waals surface area contributed by atoms with Gasteiger partial charge in [-0.25, -0.2) is 0 Å². The second-order valence-electron chi connectivity index (χ2n) is 9.26. The van der Waals surface area contributed by atoms with Gasteiger partial charge >= 0.3 is 0 Å². The van der Waals surface area contributed by atoms with Crippen LogP contribution < -0.4 is 9.47 Å². The zero-order valence-corrected chi connectivity index (χ0v) is 19.9. The maximum absolute atomic E-state index is 11.6. The number of hydrogen-bond acceptors (Lipinski definition) is 11. The molecule has 2 aromatic carbocycles. The second kappa shape index (κ2) is 10.4. The molecule has 11 heteroatoms. The lowest BCUT2D eigenvalue weighted by Gasteiger charge is -2.46. The van der Waals surface area contributed by atoms with E-state index in [4.69, 9.17) is 18.9 Å². The molecular formula is C25H32O11. The van der Waals surface area contributed by atoms with Crippen molar-refractivity contribution in [2.24, 2.45) is 5.92 Å². The van der Waals surface area contributed by atoms with Crippen molar-refractivity contribution >= 4 is 0 Å². The van der Waals surface area contributed by atoms with Crippen LogP contribution in [0.3, 0.4) is 0 Å². The van der Waals surface area contributed by atoms with E-state index in [1.807, 2.05) is 0 Å². The Morgan fingerprint density at radius 3 is 2.33 bits per heavy atom. The van der Waals surface area contributed by atoms with Gasteiger partial charge in [0.05, 0.1) is 39.6 Å². The number of aliphatic hydroxyl groups excluding tert-OH is 4. The first-order valence-corrected chi connectivity index (χ1v) is 11.5. The highest BCUT2D eigenvalue weighted by Crippen LogP contribution is 2.49. The Bertz CT molecular complexity index is 1080. The largest absolute Gasteiger partial charge is 0.504 e. The molecule has 1 saturated heterocycles. The van der Waals surface area contributed by atoms with Gasteiger partial charge in [-0.3, -0.25) is 0 Å². The quantitative estimate of drug-likeness (QED) is 0.259. The molecule has 7 atom stereocenters. The van der Waals surface area contributed by atoms with E-state index in [9.17, 15) is 35.7 Å². The molecule has 3 unspecified atom stereocenters. The van der Waals surface area contributed by atoms with Crippen LogP contribution in [0.5, 0.6) is 23.0 Å². The first-order valence-electron chi connectivity index (χ1n) is 11.5. The highest BCUT2D eigenvalue weighted by Gasteiger charge is 2.49. The summed E-state index contributed by atoms with van der Waals surface area (Å²) in [6, 6.07) is 7.78. The minimum atomic E-state index is -1.71. The van der Waals surface area contributed by atoms with Gasteiger partial charge in [-0.05, 0) is 41.0 Å². The first-order chi connectivity index (χ1) is 17.1. The van der Waals surface area contributed by atoms with Crippen molar-refractivity contribution in [3.63, 3.8) is 0 Å². The lowest BCUT2D eigenvalue weighted by atomic mass is 9.64. The summed E-state index contributed by atoms with van der Waals surface area (Å²) < 4.78 is 21.6. The average Bonchev–Trinajstić information content (AvgIpc) is 2.87. The molecule has 1 aliphatic heterocycles. The fraction of sp³-hybridized carbons (Fsp3) is 0.520. The third-order valence-electron chi connectivity index (χ3n) is 7.10. The van der Waals surface area contributed by atoms with E-state index in [1.165, 1.54) is 26.4 Å². The molecule has 0 spiro atoms. The van der Waals surface area contributed by atoms with Crippen molar-refractivity contribution in [3.05, 3.63) is 47.0 Å². The van der Waals surface area contributed by atoms with Gasteiger partial charge < -0.3 is 54.7 Å². The Morgan fingerprint density at radius 2 is 1.67 bits per heavy atom. The normalized spacial score (nSPS) is 32.1. The van der Waals surface area contributed by atoms with Gasteiger partial charge in [0.1, 0.15) is 18.3 Å². The SMILES string of the molecule is COc1cc(C2c3cc(O)c(OC)cc3CC(O)(CO)C2CO[C@@H]2OC[C@@H](O)[C@H](O)[C@H]2O)ccc1O. The molecule has 1 fully saturated rings. The number of aromatic hydroxyl groups is 2. The van der Waals surface area contributed by atoms with E-state index in [-0.39, 0.29) is 42.6 Å². The smallest absolute Gasteiger partial charge is 0.186 e. The van der Waals surface area contributed by atoms with E-state index < -0.39 is 48.6 Å². The van der Waals surface area contributed by atoms with Crippen LogP contribution in [0, 0.1) is 5.92 Å². The molecule has 0 bridgehead atoms. The Balaban J connectivity index is 1.78. The van der Waals surface area contributed by atoms with E-state index in [0.717, 1.165) is 0 Å². The van der Waals surface area contributed by atoms with Crippen molar-refractivity contribution in [1.82, 2.24) is 0 Å². The average molecular weight is 509 g/mol. The van der Waals surface area contributed by atoms with E-state index in [0.29, 0.717) is 16.7 Å². The van der Waals surface area contributed by atoms with Crippen molar-refractivity contribution in [2.45, 2.75) is 42.5 Å². The van der Waals surface area contributed by atoms with Gasteiger partial charge in [-0.2, -0.15) is 0 Å². The van der Waals surface area contributed by atoms with Crippen LogP contribution in [-0.2, 0) is 15.9 Å². The van der Waals surface area contributed by atoms with Gasteiger partial charge in [-0.15, -0.1) is 0 Å². The van der Waals surface area contributed by atoms with Crippen LogP contribution in [0.25, 0.3) is 0 Å². The molecule has 0 amide bonds. The molecule has 36 heavy (non-hydrogen) atoms. The molecule has 198 valence electrons. The van der Waals surface area contributed by atoms with Crippen LogP contribution in [-0.4, -0.2) is 100.0 Å². The number of hydrogen-bond donors (Lipinski definition) is 7. The third-order valence-corrected chi connectivity index (χ3v) is 7.10. The number of rotatable bonds is 7. The van der Waals surface area contributed by atoms with E-state index in [1.54, 1.807) is 18.2 Å². The van der Waals surface area contributed by atoms with E-state index in [2.05, 4.69) is 0 Å². The fourth-order valence-electron chi connectivity index (χ4n) is 5.07. The van der Waals surface area contributed by atoms with Gasteiger partial charge in [0, 0.05) is 18.3 Å². The molecule has 7 N–H and O–H groups in total. The van der Waals surface area contributed by atoms with Crippen molar-refractivity contribution in [3.8, 4) is 23.0 Å². The van der Waals surface area contributed by atoms with Crippen LogP contribution >= 0.6 is 0 Å². The topological polar surface area (TPSA) is 179 Å². The van der Waals surface area contributed by atoms with Gasteiger partial charge in [0.25, 0.3) is 0 Å². The number of aliphatic hydroxyl groups is 5. The minimum absolute atomic E-state index is 0.00460. The Labute approximate surface area is 207 Å². The summed E-state index contributed by atoms with van der Waals surface area (Å²) in [5.41, 5.74) is 0.147. The highest BCUT2D eigenvalue weighted by molar-refractivity contribution is 5.54. The predicted molar refractivity (Wildman–Crippen MR) is 124 cm³/mol. The maximum Gasteiger partial charge on any atom is 0.186 e. The van der Waals surface area contributed by atoms with Crippen LogP contribution in [0.15, 0.2) is 30.3 Å². The number of fused-ring (bicyclic) bond motifs is 1. The van der Waals surface area contributed by atoms with Crippen molar-refractivity contribution in [2.75, 3.05) is 34.0 Å². The summed E-state index contributed by atoms with van der Waals surface area (Å²) in [5.74, 6) is -1.33. The zero-order valence-electron chi connectivity index (χ0n) is 19.9. The maximum atomic E-state index is 11.6. The van der Waals surface area contributed by atoms with Crippen molar-refractivity contribution in [1.29, 1.82) is 0 Å². The first kappa shape index (κ1) is 26.4. The van der Waals surface area contributed by atoms with Crippen molar-refractivity contribution < 1.29 is 54.7 Å². The molecule has 0 aromatic heterocycles. The van der Waals surface area contributed by atoms with Crippen LogP contribution in [0.4, 0.5) is 0 Å².